The molecule has 2 aromatic rings. The van der Waals surface area contributed by atoms with Gasteiger partial charge in [0.25, 0.3) is 0 Å². The van der Waals surface area contributed by atoms with Gasteiger partial charge in [0, 0.05) is 18.0 Å². The van der Waals surface area contributed by atoms with Crippen LogP contribution in [0.5, 0.6) is 5.75 Å². The molecule has 2 aromatic carbocycles. The number of hydrogen-bond acceptors (Lipinski definition) is 3. The summed E-state index contributed by atoms with van der Waals surface area (Å²) in [4.78, 5) is 12.5. The monoisotopic (exact) mass is 323 g/mol. The van der Waals surface area contributed by atoms with Gasteiger partial charge in [-0.05, 0) is 43.3 Å². The highest BCUT2D eigenvalue weighted by Gasteiger charge is 2.20. The molecule has 3 nitrogen and oxygen atoms in total. The number of phenols is 1. The summed E-state index contributed by atoms with van der Waals surface area (Å²) in [6, 6.07) is 12.6. The van der Waals surface area contributed by atoms with Crippen molar-refractivity contribution in [3.8, 4) is 5.75 Å². The Morgan fingerprint density at radius 1 is 1.23 bits per heavy atom. The van der Waals surface area contributed by atoms with Gasteiger partial charge in [0.05, 0.1) is 0 Å². The maximum Gasteiger partial charge on any atom is 0.167 e. The van der Waals surface area contributed by atoms with Crippen molar-refractivity contribution < 1.29 is 14.3 Å². The van der Waals surface area contributed by atoms with E-state index in [2.05, 4.69) is 5.32 Å². The smallest absolute Gasteiger partial charge is 0.167 e. The molecule has 22 heavy (non-hydrogen) atoms. The van der Waals surface area contributed by atoms with Gasteiger partial charge in [-0.15, -0.1) is 12.4 Å². The van der Waals surface area contributed by atoms with Crippen LogP contribution in [-0.4, -0.2) is 24.5 Å². The molecule has 0 amide bonds. The van der Waals surface area contributed by atoms with Crippen molar-refractivity contribution in [1.29, 1.82) is 0 Å². The minimum atomic E-state index is -0.307. The standard InChI is InChI=1S/C17H18FNO2.ClH/c1-19-11-14(8-12-4-2-6-15(18)9-12)17(21)13-5-3-7-16(20)10-13;/h2-7,9-10,14,19-20H,8,11H2,1H3;1H. The summed E-state index contributed by atoms with van der Waals surface area (Å²) in [5.41, 5.74) is 1.25. The number of Topliss-reactive ketones (excluding diaryl/α,β-unsaturated/α-hetero) is 1. The normalized spacial score (nSPS) is 11.5. The van der Waals surface area contributed by atoms with Crippen molar-refractivity contribution in [3.63, 3.8) is 0 Å². The molecule has 5 heteroatoms. The number of benzene rings is 2. The molecular formula is C17H19ClFNO2. The van der Waals surface area contributed by atoms with Crippen LogP contribution < -0.4 is 5.32 Å². The zero-order chi connectivity index (χ0) is 15.2. The molecule has 0 heterocycles. The minimum Gasteiger partial charge on any atom is -0.508 e. The maximum atomic E-state index is 13.2. The number of halogens is 2. The van der Waals surface area contributed by atoms with Crippen molar-refractivity contribution in [1.82, 2.24) is 5.32 Å². The summed E-state index contributed by atoms with van der Waals surface area (Å²) >= 11 is 0. The summed E-state index contributed by atoms with van der Waals surface area (Å²) in [5.74, 6) is -0.613. The van der Waals surface area contributed by atoms with E-state index in [4.69, 9.17) is 0 Å². The van der Waals surface area contributed by atoms with E-state index in [0.29, 0.717) is 18.5 Å². The first-order valence-electron chi connectivity index (χ1n) is 6.82. The highest BCUT2D eigenvalue weighted by atomic mass is 35.5. The molecule has 0 spiro atoms. The SMILES string of the molecule is CNCC(Cc1cccc(F)c1)C(=O)c1cccc(O)c1.Cl. The molecule has 0 aliphatic heterocycles. The molecule has 0 aromatic heterocycles. The molecule has 1 atom stereocenters. The minimum absolute atomic E-state index is 0. The Morgan fingerprint density at radius 2 is 1.95 bits per heavy atom. The Hall–Kier alpha value is -1.91. The molecule has 2 rings (SSSR count). The van der Waals surface area contributed by atoms with Crippen LogP contribution in [0, 0.1) is 11.7 Å². The number of hydrogen-bond donors (Lipinski definition) is 2. The fourth-order valence-corrected chi connectivity index (χ4v) is 2.35. The number of ketones is 1. The van der Waals surface area contributed by atoms with E-state index in [1.807, 2.05) is 6.07 Å². The van der Waals surface area contributed by atoms with Crippen molar-refractivity contribution in [2.75, 3.05) is 13.6 Å². The first-order chi connectivity index (χ1) is 10.1. The van der Waals surface area contributed by atoms with E-state index < -0.39 is 0 Å². The fourth-order valence-electron chi connectivity index (χ4n) is 2.35. The summed E-state index contributed by atoms with van der Waals surface area (Å²) < 4.78 is 13.2. The molecule has 0 aliphatic carbocycles. The van der Waals surface area contributed by atoms with Crippen LogP contribution in [0.4, 0.5) is 4.39 Å². The molecule has 2 N–H and O–H groups in total. The largest absolute Gasteiger partial charge is 0.508 e. The summed E-state index contributed by atoms with van der Waals surface area (Å²) in [7, 11) is 1.77. The number of carbonyl (C=O) groups excluding carboxylic acids is 1. The molecule has 0 aliphatic rings. The van der Waals surface area contributed by atoms with E-state index >= 15 is 0 Å². The van der Waals surface area contributed by atoms with Gasteiger partial charge in [-0.1, -0.05) is 24.3 Å². The van der Waals surface area contributed by atoms with Gasteiger partial charge in [0.1, 0.15) is 11.6 Å². The van der Waals surface area contributed by atoms with Crippen molar-refractivity contribution in [3.05, 3.63) is 65.5 Å². The molecule has 0 radical (unpaired) electrons. The predicted octanol–water partition coefficient (Wildman–Crippen LogP) is 3.21. The Balaban J connectivity index is 0.00000242. The van der Waals surface area contributed by atoms with Crippen molar-refractivity contribution >= 4 is 18.2 Å². The average Bonchev–Trinajstić information content (AvgIpc) is 2.46. The third-order valence-corrected chi connectivity index (χ3v) is 3.32. The highest BCUT2D eigenvalue weighted by molar-refractivity contribution is 5.98. The van der Waals surface area contributed by atoms with Gasteiger partial charge in [0.2, 0.25) is 0 Å². The second kappa shape index (κ2) is 8.51. The fraction of sp³-hybridized carbons (Fsp3) is 0.235. The number of aromatic hydroxyl groups is 1. The Kier molecular flexibility index (Phi) is 7.02. The lowest BCUT2D eigenvalue weighted by atomic mass is 9.91. The van der Waals surface area contributed by atoms with Gasteiger partial charge in [-0.3, -0.25) is 4.79 Å². The summed E-state index contributed by atoms with van der Waals surface area (Å²) in [6.07, 6.45) is 0.451. The lowest BCUT2D eigenvalue weighted by Gasteiger charge is -2.16. The second-order valence-electron chi connectivity index (χ2n) is 5.00. The van der Waals surface area contributed by atoms with Crippen LogP contribution in [0.25, 0.3) is 0 Å². The van der Waals surface area contributed by atoms with E-state index in [1.165, 1.54) is 24.3 Å². The van der Waals surface area contributed by atoms with Crippen LogP contribution in [0.3, 0.4) is 0 Å². The van der Waals surface area contributed by atoms with Crippen molar-refractivity contribution in [2.45, 2.75) is 6.42 Å². The molecular weight excluding hydrogens is 305 g/mol. The van der Waals surface area contributed by atoms with E-state index in [1.54, 1.807) is 25.2 Å². The molecule has 0 saturated carbocycles. The number of nitrogens with one attached hydrogen (secondary N) is 1. The molecule has 0 bridgehead atoms. The molecule has 1 unspecified atom stereocenters. The van der Waals surface area contributed by atoms with Gasteiger partial charge < -0.3 is 10.4 Å². The summed E-state index contributed by atoms with van der Waals surface area (Å²) in [5, 5.41) is 12.5. The predicted molar refractivity (Wildman–Crippen MR) is 87.2 cm³/mol. The molecule has 118 valence electrons. The topological polar surface area (TPSA) is 49.3 Å². The number of phenolic OH excluding ortho intramolecular Hbond substituents is 1. The van der Waals surface area contributed by atoms with Crippen LogP contribution >= 0.6 is 12.4 Å². The Labute approximate surface area is 135 Å². The first-order valence-corrected chi connectivity index (χ1v) is 6.82. The quantitative estimate of drug-likeness (QED) is 0.803. The van der Waals surface area contributed by atoms with E-state index in [-0.39, 0.29) is 35.7 Å². The average molecular weight is 324 g/mol. The maximum absolute atomic E-state index is 13.2. The van der Waals surface area contributed by atoms with Gasteiger partial charge >= 0.3 is 0 Å². The molecule has 0 saturated heterocycles. The first kappa shape index (κ1) is 18.1. The zero-order valence-electron chi connectivity index (χ0n) is 12.3. The van der Waals surface area contributed by atoms with Gasteiger partial charge in [-0.25, -0.2) is 4.39 Å². The Bertz CT molecular complexity index is 634. The van der Waals surface area contributed by atoms with Crippen LogP contribution in [0.1, 0.15) is 15.9 Å². The van der Waals surface area contributed by atoms with Crippen LogP contribution in [0.15, 0.2) is 48.5 Å². The second-order valence-corrected chi connectivity index (χ2v) is 5.00. The van der Waals surface area contributed by atoms with Crippen LogP contribution in [-0.2, 0) is 6.42 Å². The van der Waals surface area contributed by atoms with Crippen molar-refractivity contribution in [2.24, 2.45) is 5.92 Å². The zero-order valence-corrected chi connectivity index (χ0v) is 13.1. The Morgan fingerprint density at radius 3 is 2.59 bits per heavy atom. The number of rotatable bonds is 6. The van der Waals surface area contributed by atoms with E-state index in [9.17, 15) is 14.3 Å². The third kappa shape index (κ3) is 4.83. The van der Waals surface area contributed by atoms with Crippen LogP contribution in [0.2, 0.25) is 0 Å². The number of carbonyl (C=O) groups is 1. The van der Waals surface area contributed by atoms with Gasteiger partial charge in [0.15, 0.2) is 5.78 Å². The van der Waals surface area contributed by atoms with Gasteiger partial charge in [-0.2, -0.15) is 0 Å². The summed E-state index contributed by atoms with van der Waals surface area (Å²) in [6.45, 7) is 0.491. The molecule has 0 fully saturated rings. The highest BCUT2D eigenvalue weighted by Crippen LogP contribution is 2.18. The lowest BCUT2D eigenvalue weighted by Crippen LogP contribution is -2.28. The third-order valence-electron chi connectivity index (χ3n) is 3.32. The van der Waals surface area contributed by atoms with E-state index in [0.717, 1.165) is 5.56 Å². The lowest BCUT2D eigenvalue weighted by molar-refractivity contribution is 0.0918.